The fraction of sp³-hybridized carbons (Fsp3) is 0.458. The number of hydrazone groups is 1. The first-order valence-electron chi connectivity index (χ1n) is 9.69. The van der Waals surface area contributed by atoms with Crippen molar-refractivity contribution in [3.8, 4) is 5.75 Å². The summed E-state index contributed by atoms with van der Waals surface area (Å²) >= 11 is 0. The highest BCUT2D eigenvalue weighted by Crippen LogP contribution is 2.16. The number of carbonyl (C=O) groups excluding carboxylic acids is 1. The Bertz CT molecular complexity index is 791. The molecule has 0 aliphatic heterocycles. The van der Waals surface area contributed by atoms with Crippen molar-refractivity contribution in [2.45, 2.75) is 61.3 Å². The van der Waals surface area contributed by atoms with Crippen LogP contribution in [0, 0.1) is 19.3 Å². The van der Waals surface area contributed by atoms with E-state index in [-0.39, 0.29) is 17.9 Å². The molecule has 28 heavy (non-hydrogen) atoms. The maximum Gasteiger partial charge on any atom is 0.277 e. The van der Waals surface area contributed by atoms with Gasteiger partial charge in [0, 0.05) is 11.6 Å². The van der Waals surface area contributed by atoms with Crippen LogP contribution in [0.4, 0.5) is 0 Å². The van der Waals surface area contributed by atoms with Crippen LogP contribution in [0.1, 0.15) is 58.6 Å². The normalized spacial score (nSPS) is 11.0. The van der Waals surface area contributed by atoms with Gasteiger partial charge in [-0.1, -0.05) is 31.6 Å². The Morgan fingerprint density at radius 2 is 1.93 bits per heavy atom. The van der Waals surface area contributed by atoms with Crippen molar-refractivity contribution < 1.29 is 9.53 Å². The molecule has 4 nitrogen and oxygen atoms in total. The average molecular weight is 383 g/mol. The SMILES string of the molecule is CC(=C=CC(C)(C)C=NNC(=O)COc1ccc(C)c(C)c1)CCC=C(C)C. The van der Waals surface area contributed by atoms with Crippen LogP contribution in [0.25, 0.3) is 0 Å². The molecule has 0 fully saturated rings. The smallest absolute Gasteiger partial charge is 0.277 e. The number of hydrogen-bond acceptors (Lipinski definition) is 3. The van der Waals surface area contributed by atoms with Crippen molar-refractivity contribution in [3.63, 3.8) is 0 Å². The highest BCUT2D eigenvalue weighted by atomic mass is 16.5. The summed E-state index contributed by atoms with van der Waals surface area (Å²) in [6, 6.07) is 5.76. The van der Waals surface area contributed by atoms with Crippen molar-refractivity contribution in [1.82, 2.24) is 5.43 Å². The van der Waals surface area contributed by atoms with E-state index >= 15 is 0 Å². The molecule has 0 aliphatic carbocycles. The van der Waals surface area contributed by atoms with E-state index in [0.717, 1.165) is 18.4 Å². The maximum absolute atomic E-state index is 11.9. The maximum atomic E-state index is 11.9. The van der Waals surface area contributed by atoms with E-state index in [1.165, 1.54) is 16.7 Å². The lowest BCUT2D eigenvalue weighted by Gasteiger charge is -2.12. The Morgan fingerprint density at radius 3 is 2.57 bits per heavy atom. The Labute approximate surface area is 170 Å². The summed E-state index contributed by atoms with van der Waals surface area (Å²) in [5.41, 5.74) is 10.4. The number of hydrogen-bond donors (Lipinski definition) is 1. The number of nitrogens with one attached hydrogen (secondary N) is 1. The lowest BCUT2D eigenvalue weighted by Crippen LogP contribution is -2.25. The summed E-state index contributed by atoms with van der Waals surface area (Å²) < 4.78 is 5.51. The number of nitrogens with zero attached hydrogens (tertiary/aromatic N) is 1. The van der Waals surface area contributed by atoms with Crippen LogP contribution >= 0.6 is 0 Å². The van der Waals surface area contributed by atoms with Crippen LogP contribution < -0.4 is 10.2 Å². The number of amides is 1. The van der Waals surface area contributed by atoms with Crippen LogP contribution in [0.3, 0.4) is 0 Å². The fourth-order valence-corrected chi connectivity index (χ4v) is 2.25. The van der Waals surface area contributed by atoms with Gasteiger partial charge in [-0.15, -0.1) is 5.73 Å². The molecular weight excluding hydrogens is 348 g/mol. The molecule has 0 unspecified atom stereocenters. The fourth-order valence-electron chi connectivity index (χ4n) is 2.25. The number of benzene rings is 1. The second kappa shape index (κ2) is 11.3. The zero-order valence-corrected chi connectivity index (χ0v) is 18.3. The summed E-state index contributed by atoms with van der Waals surface area (Å²) in [5.74, 6) is 0.391. The molecule has 0 aromatic heterocycles. The van der Waals surface area contributed by atoms with Crippen molar-refractivity contribution in [1.29, 1.82) is 0 Å². The summed E-state index contributed by atoms with van der Waals surface area (Å²) in [6.07, 6.45) is 7.93. The van der Waals surface area contributed by atoms with E-state index in [1.54, 1.807) is 6.21 Å². The average Bonchev–Trinajstić information content (AvgIpc) is 2.60. The van der Waals surface area contributed by atoms with Crippen LogP contribution in [0.15, 0.2) is 52.3 Å². The molecule has 152 valence electrons. The van der Waals surface area contributed by atoms with E-state index in [9.17, 15) is 4.79 Å². The van der Waals surface area contributed by atoms with E-state index in [2.05, 4.69) is 43.1 Å². The summed E-state index contributed by atoms with van der Waals surface area (Å²) in [6.45, 7) is 14.3. The quantitative estimate of drug-likeness (QED) is 0.259. The summed E-state index contributed by atoms with van der Waals surface area (Å²) in [5, 5.41) is 4.06. The number of allylic oxidation sites excluding steroid dienone is 3. The Kier molecular flexibility index (Phi) is 9.47. The molecule has 0 saturated carbocycles. The highest BCUT2D eigenvalue weighted by Gasteiger charge is 2.10. The first-order valence-corrected chi connectivity index (χ1v) is 9.69. The van der Waals surface area contributed by atoms with Crippen molar-refractivity contribution >= 4 is 12.1 Å². The second-order valence-corrected chi connectivity index (χ2v) is 8.04. The standard InChI is InChI=1S/C24H34N2O2/c1-18(2)9-8-10-19(3)13-14-24(6,7)17-25-26-23(27)16-28-22-12-11-20(4)21(5)15-22/h9,11-12,14-15,17H,8,10,16H2,1-7H3,(H,26,27). The van der Waals surface area contributed by atoms with Crippen LogP contribution in [-0.2, 0) is 4.79 Å². The third-order valence-electron chi connectivity index (χ3n) is 4.20. The van der Waals surface area contributed by atoms with Crippen LogP contribution in [-0.4, -0.2) is 18.7 Å². The van der Waals surface area contributed by atoms with E-state index in [1.807, 2.05) is 52.0 Å². The largest absolute Gasteiger partial charge is 0.484 e. The molecule has 1 N–H and O–H groups in total. The molecule has 4 heteroatoms. The zero-order chi connectivity index (χ0) is 21.2. The van der Waals surface area contributed by atoms with Gasteiger partial charge >= 0.3 is 0 Å². The topological polar surface area (TPSA) is 50.7 Å². The third-order valence-corrected chi connectivity index (χ3v) is 4.20. The van der Waals surface area contributed by atoms with Gasteiger partial charge in [0.1, 0.15) is 5.75 Å². The predicted octanol–water partition coefficient (Wildman–Crippen LogP) is 5.66. The van der Waals surface area contributed by atoms with Gasteiger partial charge in [-0.2, -0.15) is 5.10 Å². The minimum Gasteiger partial charge on any atom is -0.484 e. The van der Waals surface area contributed by atoms with E-state index in [4.69, 9.17) is 4.74 Å². The van der Waals surface area contributed by atoms with Gasteiger partial charge in [0.05, 0.1) is 0 Å². The molecule has 0 heterocycles. The number of ether oxygens (including phenoxy) is 1. The predicted molar refractivity (Wildman–Crippen MR) is 118 cm³/mol. The molecule has 0 saturated heterocycles. The molecular formula is C24H34N2O2. The molecule has 0 bridgehead atoms. The molecule has 0 aliphatic rings. The first-order chi connectivity index (χ1) is 13.1. The minimum atomic E-state index is -0.306. The first kappa shape index (κ1) is 23.5. The molecule has 0 spiro atoms. The van der Waals surface area contributed by atoms with Gasteiger partial charge in [-0.25, -0.2) is 5.43 Å². The van der Waals surface area contributed by atoms with Crippen LogP contribution in [0.2, 0.25) is 0 Å². The summed E-state index contributed by atoms with van der Waals surface area (Å²) in [7, 11) is 0. The van der Waals surface area contributed by atoms with Crippen LogP contribution in [0.5, 0.6) is 5.75 Å². The Hall–Kier alpha value is -2.58. The van der Waals surface area contributed by atoms with Gasteiger partial charge in [-0.05, 0) is 82.4 Å². The lowest BCUT2D eigenvalue weighted by atomic mass is 9.95. The minimum absolute atomic E-state index is 0.0700. The molecule has 1 rings (SSSR count). The van der Waals surface area contributed by atoms with Gasteiger partial charge < -0.3 is 4.74 Å². The third kappa shape index (κ3) is 9.94. The molecule has 1 aromatic rings. The summed E-state index contributed by atoms with van der Waals surface area (Å²) in [4.78, 5) is 11.9. The molecule has 0 atom stereocenters. The van der Waals surface area contributed by atoms with Gasteiger partial charge in [0.2, 0.25) is 0 Å². The number of aryl methyl sites for hydroxylation is 2. The molecule has 1 aromatic carbocycles. The van der Waals surface area contributed by atoms with Gasteiger partial charge in [0.25, 0.3) is 5.91 Å². The lowest BCUT2D eigenvalue weighted by molar-refractivity contribution is -0.123. The Balaban J connectivity index is 2.50. The van der Waals surface area contributed by atoms with E-state index in [0.29, 0.717) is 5.75 Å². The van der Waals surface area contributed by atoms with E-state index < -0.39 is 0 Å². The highest BCUT2D eigenvalue weighted by molar-refractivity contribution is 5.79. The van der Waals surface area contributed by atoms with Gasteiger partial charge in [0.15, 0.2) is 6.61 Å². The second-order valence-electron chi connectivity index (χ2n) is 8.04. The zero-order valence-electron chi connectivity index (χ0n) is 18.3. The number of rotatable bonds is 9. The van der Waals surface area contributed by atoms with Crippen molar-refractivity contribution in [3.05, 3.63) is 58.4 Å². The van der Waals surface area contributed by atoms with Crippen molar-refractivity contribution in [2.24, 2.45) is 10.5 Å². The Morgan fingerprint density at radius 1 is 1.21 bits per heavy atom. The number of carbonyl (C=O) groups is 1. The monoisotopic (exact) mass is 382 g/mol. The molecule has 0 radical (unpaired) electrons. The van der Waals surface area contributed by atoms with Gasteiger partial charge in [-0.3, -0.25) is 4.79 Å². The molecule has 1 amide bonds. The van der Waals surface area contributed by atoms with Crippen molar-refractivity contribution in [2.75, 3.05) is 6.61 Å².